The molecule has 0 amide bonds. The minimum atomic E-state index is 0.808. The topological polar surface area (TPSA) is 24.9 Å². The van der Waals surface area contributed by atoms with Crippen LogP contribution in [0.15, 0.2) is 11.6 Å². The Morgan fingerprint density at radius 3 is 3.00 bits per heavy atom. The normalized spacial score (nSPS) is 10.6. The molecule has 0 aliphatic heterocycles. The maximum absolute atomic E-state index is 4.14. The smallest absolute Gasteiger partial charge is 0.182 e. The van der Waals surface area contributed by atoms with Gasteiger partial charge in [0.05, 0.1) is 0 Å². The Hall–Kier alpha value is -0.570. The van der Waals surface area contributed by atoms with Crippen molar-refractivity contribution in [2.45, 2.75) is 26.7 Å². The average Bonchev–Trinajstić information content (AvgIpc) is 2.49. The Bertz CT molecular complexity index is 194. The lowest BCUT2D eigenvalue weighted by atomic mass is 10.1. The van der Waals surface area contributed by atoms with E-state index in [1.54, 1.807) is 11.3 Å². The molecular formula is C9H16N2S. The highest BCUT2D eigenvalue weighted by Crippen LogP contribution is 2.10. The lowest BCUT2D eigenvalue weighted by Crippen LogP contribution is -2.02. The number of aromatic nitrogens is 1. The highest BCUT2D eigenvalue weighted by Gasteiger charge is 1.95. The molecule has 0 aliphatic rings. The number of thiazole rings is 1. The van der Waals surface area contributed by atoms with Crippen molar-refractivity contribution in [2.24, 2.45) is 5.92 Å². The van der Waals surface area contributed by atoms with Gasteiger partial charge in [-0.3, -0.25) is 0 Å². The van der Waals surface area contributed by atoms with E-state index < -0.39 is 0 Å². The van der Waals surface area contributed by atoms with E-state index in [0.29, 0.717) is 0 Å². The van der Waals surface area contributed by atoms with Gasteiger partial charge in [0.2, 0.25) is 0 Å². The predicted molar refractivity (Wildman–Crippen MR) is 54.7 cm³/mol. The Morgan fingerprint density at radius 1 is 1.58 bits per heavy atom. The molecule has 0 saturated heterocycles. The fourth-order valence-electron chi connectivity index (χ4n) is 1.02. The summed E-state index contributed by atoms with van der Waals surface area (Å²) in [7, 11) is 0. The van der Waals surface area contributed by atoms with Gasteiger partial charge < -0.3 is 5.32 Å². The lowest BCUT2D eigenvalue weighted by Gasteiger charge is -2.04. The third-order valence-corrected chi connectivity index (χ3v) is 2.40. The molecule has 0 spiro atoms. The van der Waals surface area contributed by atoms with E-state index in [4.69, 9.17) is 0 Å². The van der Waals surface area contributed by atoms with E-state index >= 15 is 0 Å². The monoisotopic (exact) mass is 184 g/mol. The van der Waals surface area contributed by atoms with Crippen LogP contribution in [0.2, 0.25) is 0 Å². The second kappa shape index (κ2) is 5.14. The van der Waals surface area contributed by atoms with Crippen LogP contribution < -0.4 is 5.32 Å². The Kier molecular flexibility index (Phi) is 4.08. The summed E-state index contributed by atoms with van der Waals surface area (Å²) in [6.07, 6.45) is 4.35. The maximum Gasteiger partial charge on any atom is 0.182 e. The molecular weight excluding hydrogens is 168 g/mol. The summed E-state index contributed by atoms with van der Waals surface area (Å²) in [6.45, 7) is 5.55. The first-order valence-corrected chi connectivity index (χ1v) is 5.30. The van der Waals surface area contributed by atoms with Crippen LogP contribution >= 0.6 is 11.3 Å². The molecule has 1 rings (SSSR count). The number of rotatable bonds is 5. The van der Waals surface area contributed by atoms with Gasteiger partial charge in [-0.1, -0.05) is 13.8 Å². The molecule has 0 aliphatic carbocycles. The SMILES string of the molecule is CC(C)CCCNc1nccs1. The first kappa shape index (κ1) is 9.52. The average molecular weight is 184 g/mol. The third-order valence-electron chi connectivity index (χ3n) is 1.67. The van der Waals surface area contributed by atoms with Crippen LogP contribution in [0.1, 0.15) is 26.7 Å². The van der Waals surface area contributed by atoms with E-state index in [-0.39, 0.29) is 0 Å². The number of hydrogen-bond acceptors (Lipinski definition) is 3. The molecule has 1 aromatic rings. The van der Waals surface area contributed by atoms with Crippen LogP contribution in [0.25, 0.3) is 0 Å². The lowest BCUT2D eigenvalue weighted by molar-refractivity contribution is 0.567. The van der Waals surface area contributed by atoms with Crippen molar-refractivity contribution in [3.8, 4) is 0 Å². The highest BCUT2D eigenvalue weighted by molar-refractivity contribution is 7.13. The van der Waals surface area contributed by atoms with Gasteiger partial charge in [0.1, 0.15) is 0 Å². The van der Waals surface area contributed by atoms with Crippen LogP contribution in [0.4, 0.5) is 5.13 Å². The van der Waals surface area contributed by atoms with Crippen LogP contribution in [0.3, 0.4) is 0 Å². The van der Waals surface area contributed by atoms with E-state index in [1.807, 2.05) is 11.6 Å². The number of nitrogens with zero attached hydrogens (tertiary/aromatic N) is 1. The van der Waals surface area contributed by atoms with Crippen molar-refractivity contribution in [3.05, 3.63) is 11.6 Å². The highest BCUT2D eigenvalue weighted by atomic mass is 32.1. The quantitative estimate of drug-likeness (QED) is 0.712. The standard InChI is InChI=1S/C9H16N2S/c1-8(2)4-3-5-10-9-11-6-7-12-9/h6-8H,3-5H2,1-2H3,(H,10,11). The van der Waals surface area contributed by atoms with Crippen molar-refractivity contribution in [1.29, 1.82) is 0 Å². The molecule has 1 heterocycles. The van der Waals surface area contributed by atoms with Crippen molar-refractivity contribution >= 4 is 16.5 Å². The van der Waals surface area contributed by atoms with E-state index in [0.717, 1.165) is 17.6 Å². The summed E-state index contributed by atoms with van der Waals surface area (Å²) < 4.78 is 0. The van der Waals surface area contributed by atoms with Gasteiger partial charge in [-0.2, -0.15) is 0 Å². The molecule has 3 heteroatoms. The molecule has 0 fully saturated rings. The summed E-state index contributed by atoms with van der Waals surface area (Å²) in [5.41, 5.74) is 0. The van der Waals surface area contributed by atoms with Crippen molar-refractivity contribution in [1.82, 2.24) is 4.98 Å². The summed E-state index contributed by atoms with van der Waals surface area (Å²) in [5.74, 6) is 0.808. The minimum Gasteiger partial charge on any atom is -0.362 e. The molecule has 1 N–H and O–H groups in total. The van der Waals surface area contributed by atoms with E-state index in [1.165, 1.54) is 12.8 Å². The molecule has 0 atom stereocenters. The summed E-state index contributed by atoms with van der Waals surface area (Å²) in [4.78, 5) is 4.14. The van der Waals surface area contributed by atoms with Gasteiger partial charge >= 0.3 is 0 Å². The van der Waals surface area contributed by atoms with E-state index in [2.05, 4.69) is 24.1 Å². The van der Waals surface area contributed by atoms with E-state index in [9.17, 15) is 0 Å². The second-order valence-corrected chi connectivity index (χ2v) is 4.19. The first-order valence-electron chi connectivity index (χ1n) is 4.42. The molecule has 0 bridgehead atoms. The zero-order chi connectivity index (χ0) is 8.81. The van der Waals surface area contributed by atoms with Gasteiger partial charge in [-0.15, -0.1) is 11.3 Å². The summed E-state index contributed by atoms with van der Waals surface area (Å²) in [5, 5.41) is 6.32. The first-order chi connectivity index (χ1) is 5.79. The Balaban J connectivity index is 2.04. The number of nitrogens with one attached hydrogen (secondary N) is 1. The molecule has 0 saturated carbocycles. The van der Waals surface area contributed by atoms with Crippen LogP contribution in [0.5, 0.6) is 0 Å². The fraction of sp³-hybridized carbons (Fsp3) is 0.667. The third kappa shape index (κ3) is 3.72. The van der Waals surface area contributed by atoms with Crippen LogP contribution in [0, 0.1) is 5.92 Å². The van der Waals surface area contributed by atoms with Gasteiger partial charge in [0.25, 0.3) is 0 Å². The van der Waals surface area contributed by atoms with Crippen molar-refractivity contribution in [3.63, 3.8) is 0 Å². The van der Waals surface area contributed by atoms with Gasteiger partial charge in [0.15, 0.2) is 5.13 Å². The Morgan fingerprint density at radius 2 is 2.42 bits per heavy atom. The predicted octanol–water partition coefficient (Wildman–Crippen LogP) is 2.99. The molecule has 2 nitrogen and oxygen atoms in total. The van der Waals surface area contributed by atoms with Gasteiger partial charge in [-0.05, 0) is 18.8 Å². The minimum absolute atomic E-state index is 0.808. The van der Waals surface area contributed by atoms with Gasteiger partial charge in [0, 0.05) is 18.1 Å². The number of anilines is 1. The molecule has 0 radical (unpaired) electrons. The molecule has 12 heavy (non-hydrogen) atoms. The largest absolute Gasteiger partial charge is 0.362 e. The van der Waals surface area contributed by atoms with Crippen molar-refractivity contribution in [2.75, 3.05) is 11.9 Å². The summed E-state index contributed by atoms with van der Waals surface area (Å²) >= 11 is 1.66. The van der Waals surface area contributed by atoms with Gasteiger partial charge in [-0.25, -0.2) is 4.98 Å². The maximum atomic E-state index is 4.14. The zero-order valence-electron chi connectivity index (χ0n) is 7.71. The molecule has 1 aromatic heterocycles. The fourth-order valence-corrected chi connectivity index (χ4v) is 1.57. The van der Waals surface area contributed by atoms with Crippen LogP contribution in [-0.4, -0.2) is 11.5 Å². The van der Waals surface area contributed by atoms with Crippen molar-refractivity contribution < 1.29 is 0 Å². The second-order valence-electron chi connectivity index (χ2n) is 3.30. The molecule has 68 valence electrons. The zero-order valence-corrected chi connectivity index (χ0v) is 8.53. The Labute approximate surface area is 78.0 Å². The summed E-state index contributed by atoms with van der Waals surface area (Å²) in [6, 6.07) is 0. The molecule has 0 aromatic carbocycles. The number of hydrogen-bond donors (Lipinski definition) is 1. The molecule has 0 unspecified atom stereocenters. The van der Waals surface area contributed by atoms with Crippen LogP contribution in [-0.2, 0) is 0 Å².